The Morgan fingerprint density at radius 1 is 0.757 bits per heavy atom. The van der Waals surface area contributed by atoms with E-state index in [2.05, 4.69) is 6.92 Å². The van der Waals surface area contributed by atoms with E-state index in [-0.39, 0.29) is 24.9 Å². The molecule has 1 aromatic heterocycles. The first-order chi connectivity index (χ1) is 18.0. The molecule has 212 valence electrons. The lowest BCUT2D eigenvalue weighted by atomic mass is 10.0. The van der Waals surface area contributed by atoms with Crippen molar-refractivity contribution in [3.63, 3.8) is 0 Å². The van der Waals surface area contributed by atoms with Gasteiger partial charge in [-0.25, -0.2) is 0 Å². The average Bonchev–Trinajstić information content (AvgIpc) is 3.38. The lowest BCUT2D eigenvalue weighted by molar-refractivity contribution is -0.142. The zero-order chi connectivity index (χ0) is 27.1. The van der Waals surface area contributed by atoms with E-state index < -0.39 is 5.91 Å². The van der Waals surface area contributed by atoms with Crippen LogP contribution in [0.5, 0.6) is 0 Å². The topological polar surface area (TPSA) is 110 Å². The van der Waals surface area contributed by atoms with Gasteiger partial charge in [0.05, 0.1) is 19.6 Å². The molecule has 0 spiro atoms. The molecule has 0 radical (unpaired) electrons. The number of rotatable bonds is 24. The summed E-state index contributed by atoms with van der Waals surface area (Å²) in [4.78, 5) is 41.6. The van der Waals surface area contributed by atoms with Gasteiger partial charge in [0, 0.05) is 17.8 Å². The minimum Gasteiger partial charge on any atom is -0.368 e. The predicted molar refractivity (Wildman–Crippen MR) is 154 cm³/mol. The molecule has 0 bridgehead atoms. The van der Waals surface area contributed by atoms with Crippen LogP contribution in [0.25, 0.3) is 0 Å². The van der Waals surface area contributed by atoms with Gasteiger partial charge in [0.25, 0.3) is 0 Å². The number of nitrogens with two attached hydrogens (primary N) is 2. The van der Waals surface area contributed by atoms with E-state index >= 15 is 0 Å². The van der Waals surface area contributed by atoms with Crippen LogP contribution in [0, 0.1) is 0 Å². The lowest BCUT2D eigenvalue weighted by Crippen LogP contribution is -2.45. The zero-order valence-electron chi connectivity index (χ0n) is 23.3. The molecule has 1 heterocycles. The van der Waals surface area contributed by atoms with Crippen LogP contribution in [-0.4, -0.2) is 53.7 Å². The summed E-state index contributed by atoms with van der Waals surface area (Å²) in [6.07, 6.45) is 18.4. The van der Waals surface area contributed by atoms with Gasteiger partial charge in [-0.05, 0) is 37.3 Å². The molecule has 0 aliphatic heterocycles. The van der Waals surface area contributed by atoms with Crippen LogP contribution in [0.4, 0.5) is 0 Å². The number of nitrogens with zero attached hydrogens (tertiary/aromatic N) is 2. The van der Waals surface area contributed by atoms with Crippen LogP contribution in [0.1, 0.15) is 115 Å². The maximum atomic E-state index is 13.0. The van der Waals surface area contributed by atoms with Gasteiger partial charge in [0.2, 0.25) is 17.7 Å². The van der Waals surface area contributed by atoms with E-state index in [0.717, 1.165) is 37.0 Å². The number of hydrogen-bond donors (Lipinski definition) is 2. The summed E-state index contributed by atoms with van der Waals surface area (Å²) in [5.41, 5.74) is 11.0. The van der Waals surface area contributed by atoms with Crippen LogP contribution in [0.3, 0.4) is 0 Å². The van der Waals surface area contributed by atoms with Crippen molar-refractivity contribution in [1.82, 2.24) is 9.80 Å². The SMILES string of the molecule is CCCCCCCCCCCCCCCC(=O)N(CCCCN)CC(=O)N(CC(N)=O)Cc1cccs1. The molecule has 3 amide bonds. The highest BCUT2D eigenvalue weighted by Crippen LogP contribution is 2.15. The van der Waals surface area contributed by atoms with Crippen molar-refractivity contribution in [3.8, 4) is 0 Å². The first-order valence-electron chi connectivity index (χ1n) is 14.5. The Bertz CT molecular complexity index is 727. The number of unbranched alkanes of at least 4 members (excludes halogenated alkanes) is 13. The number of primary amides is 1. The summed E-state index contributed by atoms with van der Waals surface area (Å²) in [6, 6.07) is 3.83. The summed E-state index contributed by atoms with van der Waals surface area (Å²) in [5.74, 6) is -0.805. The Hall–Kier alpha value is -1.93. The van der Waals surface area contributed by atoms with Crippen LogP contribution >= 0.6 is 11.3 Å². The third-order valence-electron chi connectivity index (χ3n) is 6.68. The van der Waals surface area contributed by atoms with Gasteiger partial charge in [0.15, 0.2) is 0 Å². The maximum Gasteiger partial charge on any atom is 0.242 e. The van der Waals surface area contributed by atoms with Crippen molar-refractivity contribution in [3.05, 3.63) is 22.4 Å². The van der Waals surface area contributed by atoms with Crippen molar-refractivity contribution in [2.75, 3.05) is 26.2 Å². The molecule has 7 nitrogen and oxygen atoms in total. The minimum atomic E-state index is -0.558. The Morgan fingerprint density at radius 3 is 1.86 bits per heavy atom. The molecule has 0 saturated carbocycles. The van der Waals surface area contributed by atoms with Gasteiger partial charge in [-0.1, -0.05) is 90.0 Å². The van der Waals surface area contributed by atoms with E-state index in [4.69, 9.17) is 11.5 Å². The first kappa shape index (κ1) is 33.1. The Morgan fingerprint density at radius 2 is 1.35 bits per heavy atom. The standard InChI is InChI=1S/C29H52N4O3S/c1-2-3-4-5-6-7-8-9-10-11-12-13-14-19-28(35)32(21-16-15-20-30)25-29(36)33(24-27(31)34)23-26-18-17-22-37-26/h17-18,22H,2-16,19-21,23-25,30H2,1H3,(H2,31,34). The molecular formula is C29H52N4O3S. The van der Waals surface area contributed by atoms with Crippen molar-refractivity contribution in [2.45, 2.75) is 116 Å². The third kappa shape index (κ3) is 17.3. The van der Waals surface area contributed by atoms with Crippen LogP contribution < -0.4 is 11.5 Å². The molecule has 0 unspecified atom stereocenters. The van der Waals surface area contributed by atoms with Gasteiger partial charge < -0.3 is 21.3 Å². The maximum absolute atomic E-state index is 13.0. The number of hydrogen-bond acceptors (Lipinski definition) is 5. The third-order valence-corrected chi connectivity index (χ3v) is 7.54. The molecule has 1 aromatic rings. The van der Waals surface area contributed by atoms with Gasteiger partial charge >= 0.3 is 0 Å². The molecule has 4 N–H and O–H groups in total. The van der Waals surface area contributed by atoms with Gasteiger partial charge in [-0.3, -0.25) is 14.4 Å². The lowest BCUT2D eigenvalue weighted by Gasteiger charge is -2.27. The van der Waals surface area contributed by atoms with E-state index in [0.29, 0.717) is 26.1 Å². The molecule has 1 rings (SSSR count). The Balaban J connectivity index is 2.36. The monoisotopic (exact) mass is 536 g/mol. The molecule has 8 heteroatoms. The summed E-state index contributed by atoms with van der Waals surface area (Å²) in [6.45, 7) is 3.46. The predicted octanol–water partition coefficient (Wildman–Crippen LogP) is 5.61. The fourth-order valence-electron chi connectivity index (χ4n) is 4.47. The molecule has 37 heavy (non-hydrogen) atoms. The smallest absolute Gasteiger partial charge is 0.242 e. The normalized spacial score (nSPS) is 11.0. The summed E-state index contributed by atoms with van der Waals surface area (Å²) in [7, 11) is 0. The van der Waals surface area contributed by atoms with Gasteiger partial charge in [-0.2, -0.15) is 0 Å². The van der Waals surface area contributed by atoms with Crippen molar-refractivity contribution < 1.29 is 14.4 Å². The van der Waals surface area contributed by atoms with E-state index in [1.807, 2.05) is 17.5 Å². The highest BCUT2D eigenvalue weighted by atomic mass is 32.1. The van der Waals surface area contributed by atoms with Crippen molar-refractivity contribution in [1.29, 1.82) is 0 Å². The molecule has 0 aliphatic rings. The highest BCUT2D eigenvalue weighted by molar-refractivity contribution is 7.09. The number of thiophene rings is 1. The second-order valence-electron chi connectivity index (χ2n) is 10.1. The molecule has 0 atom stereocenters. The minimum absolute atomic E-state index is 0.00333. The molecule has 0 saturated heterocycles. The fourth-order valence-corrected chi connectivity index (χ4v) is 5.18. The molecule has 0 aromatic carbocycles. The van der Waals surface area contributed by atoms with E-state index in [9.17, 15) is 14.4 Å². The average molecular weight is 537 g/mol. The Kier molecular flexibility index (Phi) is 19.8. The molecule has 0 aliphatic carbocycles. The molecular weight excluding hydrogens is 484 g/mol. The first-order valence-corrected chi connectivity index (χ1v) is 15.4. The summed E-state index contributed by atoms with van der Waals surface area (Å²) < 4.78 is 0. The summed E-state index contributed by atoms with van der Waals surface area (Å²) >= 11 is 1.52. The van der Waals surface area contributed by atoms with Crippen LogP contribution in [0.2, 0.25) is 0 Å². The number of carbonyl (C=O) groups excluding carboxylic acids is 3. The van der Waals surface area contributed by atoms with Gasteiger partial charge in [-0.15, -0.1) is 11.3 Å². The molecule has 0 fully saturated rings. The largest absolute Gasteiger partial charge is 0.368 e. The number of carbonyl (C=O) groups is 3. The Labute approximate surface area is 229 Å². The van der Waals surface area contributed by atoms with Crippen molar-refractivity contribution >= 4 is 29.1 Å². The van der Waals surface area contributed by atoms with Crippen molar-refractivity contribution in [2.24, 2.45) is 11.5 Å². The van der Waals surface area contributed by atoms with Gasteiger partial charge in [0.1, 0.15) is 0 Å². The highest BCUT2D eigenvalue weighted by Gasteiger charge is 2.22. The van der Waals surface area contributed by atoms with E-state index in [1.165, 1.54) is 80.4 Å². The van der Waals surface area contributed by atoms with E-state index in [1.54, 1.807) is 4.90 Å². The quantitative estimate of drug-likeness (QED) is 0.167. The number of amides is 3. The fraction of sp³-hybridized carbons (Fsp3) is 0.759. The second kappa shape index (κ2) is 22.1. The second-order valence-corrected chi connectivity index (χ2v) is 11.1. The van der Waals surface area contributed by atoms with Crippen LogP contribution in [-0.2, 0) is 20.9 Å². The summed E-state index contributed by atoms with van der Waals surface area (Å²) in [5, 5.41) is 1.93. The van der Waals surface area contributed by atoms with Crippen LogP contribution in [0.15, 0.2) is 17.5 Å². The zero-order valence-corrected chi connectivity index (χ0v) is 24.1.